The predicted octanol–water partition coefficient (Wildman–Crippen LogP) is 2.98. The van der Waals surface area contributed by atoms with Crippen LogP contribution in [-0.4, -0.2) is 32.3 Å². The summed E-state index contributed by atoms with van der Waals surface area (Å²) in [5.74, 6) is 0. The topological polar surface area (TPSA) is 71.9 Å². The van der Waals surface area contributed by atoms with Gasteiger partial charge in [0.05, 0.1) is 24.4 Å². The van der Waals surface area contributed by atoms with Gasteiger partial charge in [-0.1, -0.05) is 0 Å². The number of ether oxygens (including phenoxy) is 2. The summed E-state index contributed by atoms with van der Waals surface area (Å²) in [5.41, 5.74) is 3.67. The van der Waals surface area contributed by atoms with Gasteiger partial charge in [-0.15, -0.1) is 0 Å². The standard InChI is InChI=1S/C18H26N2O4/c1-10-11-8-20(16(22)24-17(2,3)4)15(21)14(11)19-13-7-18(5,6)23-9-12(10)13/h15,21H,7-9H2,1-6H3. The minimum absolute atomic E-state index is 0.269. The minimum atomic E-state index is -1.06. The van der Waals surface area contributed by atoms with E-state index in [0.717, 1.165) is 22.4 Å². The van der Waals surface area contributed by atoms with E-state index in [4.69, 9.17) is 9.47 Å². The molecule has 2 aliphatic heterocycles. The molecule has 6 nitrogen and oxygen atoms in total. The van der Waals surface area contributed by atoms with Crippen LogP contribution < -0.4 is 0 Å². The molecule has 1 atom stereocenters. The molecule has 132 valence electrons. The van der Waals surface area contributed by atoms with Crippen LogP contribution in [0.15, 0.2) is 0 Å². The van der Waals surface area contributed by atoms with Gasteiger partial charge in [-0.3, -0.25) is 9.88 Å². The Kier molecular flexibility index (Phi) is 3.88. The Bertz CT molecular complexity index is 691. The second-order valence-corrected chi connectivity index (χ2v) is 8.23. The lowest BCUT2D eigenvalue weighted by molar-refractivity contribution is -0.0422. The van der Waals surface area contributed by atoms with Crippen LogP contribution in [0.2, 0.25) is 0 Å². The molecule has 24 heavy (non-hydrogen) atoms. The Labute approximate surface area is 142 Å². The largest absolute Gasteiger partial charge is 0.444 e. The predicted molar refractivity (Wildman–Crippen MR) is 88.3 cm³/mol. The van der Waals surface area contributed by atoms with Crippen molar-refractivity contribution in [1.29, 1.82) is 0 Å². The number of pyridine rings is 1. The molecule has 0 aromatic carbocycles. The van der Waals surface area contributed by atoms with Crippen molar-refractivity contribution < 1.29 is 19.4 Å². The first-order chi connectivity index (χ1) is 11.0. The number of rotatable bonds is 0. The molecule has 0 saturated carbocycles. The fourth-order valence-corrected chi connectivity index (χ4v) is 3.23. The monoisotopic (exact) mass is 334 g/mol. The quantitative estimate of drug-likeness (QED) is 0.790. The molecular formula is C18H26N2O4. The molecule has 3 heterocycles. The number of amides is 1. The highest BCUT2D eigenvalue weighted by Crippen LogP contribution is 2.38. The number of nitrogens with zero attached hydrogens (tertiary/aromatic N) is 2. The van der Waals surface area contributed by atoms with Gasteiger partial charge in [-0.25, -0.2) is 4.79 Å². The second kappa shape index (κ2) is 5.43. The van der Waals surface area contributed by atoms with E-state index in [1.807, 2.05) is 41.5 Å². The van der Waals surface area contributed by atoms with Crippen LogP contribution in [0.1, 0.15) is 68.9 Å². The summed E-state index contributed by atoms with van der Waals surface area (Å²) in [4.78, 5) is 18.4. The van der Waals surface area contributed by atoms with Crippen molar-refractivity contribution >= 4 is 6.09 Å². The van der Waals surface area contributed by atoms with Crippen LogP contribution in [0.3, 0.4) is 0 Å². The molecule has 0 aliphatic carbocycles. The maximum atomic E-state index is 12.4. The molecule has 2 aliphatic rings. The number of aliphatic hydroxyl groups is 1. The fraction of sp³-hybridized carbons (Fsp3) is 0.667. The Balaban J connectivity index is 1.94. The third kappa shape index (κ3) is 3.00. The highest BCUT2D eigenvalue weighted by atomic mass is 16.6. The molecule has 0 radical (unpaired) electrons. The van der Waals surface area contributed by atoms with Gasteiger partial charge in [0.1, 0.15) is 5.60 Å². The van der Waals surface area contributed by atoms with Gasteiger partial charge in [0.25, 0.3) is 0 Å². The van der Waals surface area contributed by atoms with Gasteiger partial charge in [-0.2, -0.15) is 0 Å². The number of hydrogen-bond donors (Lipinski definition) is 1. The number of carbonyl (C=O) groups excluding carboxylic acids is 1. The van der Waals surface area contributed by atoms with Gasteiger partial charge in [0.15, 0.2) is 6.23 Å². The molecule has 1 aromatic heterocycles. The second-order valence-electron chi connectivity index (χ2n) is 8.23. The molecule has 1 amide bonds. The lowest BCUT2D eigenvalue weighted by Crippen LogP contribution is -2.35. The fourth-order valence-electron chi connectivity index (χ4n) is 3.23. The first kappa shape index (κ1) is 17.2. The number of hydrogen-bond acceptors (Lipinski definition) is 5. The maximum absolute atomic E-state index is 12.4. The van der Waals surface area contributed by atoms with Crippen molar-refractivity contribution in [3.05, 3.63) is 28.1 Å². The summed E-state index contributed by atoms with van der Waals surface area (Å²) < 4.78 is 11.3. The molecule has 0 saturated heterocycles. The molecule has 1 unspecified atom stereocenters. The van der Waals surface area contributed by atoms with Crippen molar-refractivity contribution in [2.24, 2.45) is 0 Å². The summed E-state index contributed by atoms with van der Waals surface area (Å²) in [5, 5.41) is 10.6. The van der Waals surface area contributed by atoms with E-state index in [-0.39, 0.29) is 5.60 Å². The highest BCUT2D eigenvalue weighted by Gasteiger charge is 2.39. The van der Waals surface area contributed by atoms with E-state index < -0.39 is 17.9 Å². The SMILES string of the molecule is Cc1c2c(nc3c1CN(C(=O)OC(C)(C)C)C3O)CC(C)(C)OC2. The lowest BCUT2D eigenvalue weighted by Gasteiger charge is -2.32. The minimum Gasteiger partial charge on any atom is -0.444 e. The zero-order valence-corrected chi connectivity index (χ0v) is 15.3. The third-order valence-electron chi connectivity index (χ3n) is 4.51. The normalized spacial score (nSPS) is 22.1. The van der Waals surface area contributed by atoms with Gasteiger partial charge in [0.2, 0.25) is 0 Å². The summed E-state index contributed by atoms with van der Waals surface area (Å²) >= 11 is 0. The summed E-state index contributed by atoms with van der Waals surface area (Å²) in [7, 11) is 0. The Morgan fingerprint density at radius 1 is 1.38 bits per heavy atom. The van der Waals surface area contributed by atoms with Crippen molar-refractivity contribution in [1.82, 2.24) is 9.88 Å². The van der Waals surface area contributed by atoms with E-state index in [1.54, 1.807) is 0 Å². The smallest absolute Gasteiger partial charge is 0.412 e. The van der Waals surface area contributed by atoms with E-state index in [0.29, 0.717) is 25.3 Å². The van der Waals surface area contributed by atoms with E-state index >= 15 is 0 Å². The molecule has 0 fully saturated rings. The van der Waals surface area contributed by atoms with Gasteiger partial charge in [0, 0.05) is 23.2 Å². The van der Waals surface area contributed by atoms with Crippen LogP contribution in [0.5, 0.6) is 0 Å². The molecule has 6 heteroatoms. The molecule has 1 aromatic rings. The maximum Gasteiger partial charge on any atom is 0.412 e. The number of fused-ring (bicyclic) bond motifs is 2. The van der Waals surface area contributed by atoms with Gasteiger partial charge >= 0.3 is 6.09 Å². The molecule has 3 rings (SSSR count). The number of aliphatic hydroxyl groups excluding tert-OH is 1. The Morgan fingerprint density at radius 3 is 2.67 bits per heavy atom. The van der Waals surface area contributed by atoms with Crippen LogP contribution in [0.25, 0.3) is 0 Å². The van der Waals surface area contributed by atoms with Crippen LogP contribution in [0.4, 0.5) is 4.79 Å². The average molecular weight is 334 g/mol. The van der Waals surface area contributed by atoms with Crippen LogP contribution >= 0.6 is 0 Å². The van der Waals surface area contributed by atoms with E-state index in [1.165, 1.54) is 4.90 Å². The van der Waals surface area contributed by atoms with Crippen LogP contribution in [0, 0.1) is 6.92 Å². The summed E-state index contributed by atoms with van der Waals surface area (Å²) in [6.07, 6.45) is -0.901. The average Bonchev–Trinajstić information content (AvgIpc) is 2.74. The van der Waals surface area contributed by atoms with E-state index in [2.05, 4.69) is 4.98 Å². The van der Waals surface area contributed by atoms with Crippen LogP contribution in [-0.2, 0) is 29.0 Å². The van der Waals surface area contributed by atoms with Crippen molar-refractivity contribution in [3.8, 4) is 0 Å². The first-order valence-corrected chi connectivity index (χ1v) is 8.31. The molecule has 0 bridgehead atoms. The van der Waals surface area contributed by atoms with Crippen molar-refractivity contribution in [2.45, 2.75) is 78.5 Å². The first-order valence-electron chi connectivity index (χ1n) is 8.31. The lowest BCUT2D eigenvalue weighted by atomic mass is 9.91. The molecule has 0 spiro atoms. The zero-order valence-electron chi connectivity index (χ0n) is 15.3. The summed E-state index contributed by atoms with van der Waals surface area (Å²) in [6, 6.07) is 0. The molecular weight excluding hydrogens is 308 g/mol. The number of carbonyl (C=O) groups is 1. The number of aromatic nitrogens is 1. The third-order valence-corrected chi connectivity index (χ3v) is 4.51. The van der Waals surface area contributed by atoms with Gasteiger partial charge < -0.3 is 14.6 Å². The zero-order chi connectivity index (χ0) is 17.9. The highest BCUT2D eigenvalue weighted by molar-refractivity contribution is 5.70. The van der Waals surface area contributed by atoms with Gasteiger partial charge in [-0.05, 0) is 47.1 Å². The van der Waals surface area contributed by atoms with Crippen molar-refractivity contribution in [2.75, 3.05) is 0 Å². The van der Waals surface area contributed by atoms with E-state index in [9.17, 15) is 9.90 Å². The Hall–Kier alpha value is -1.66. The summed E-state index contributed by atoms with van der Waals surface area (Å²) in [6.45, 7) is 12.3. The Morgan fingerprint density at radius 2 is 2.04 bits per heavy atom. The molecule has 1 N–H and O–H groups in total. The van der Waals surface area contributed by atoms with Crippen molar-refractivity contribution in [3.63, 3.8) is 0 Å².